The van der Waals surface area contributed by atoms with E-state index in [0.717, 1.165) is 101 Å². The molecule has 0 aliphatic rings. The minimum Gasteiger partial charge on any atom is -0.456 e. The van der Waals surface area contributed by atoms with Gasteiger partial charge < -0.3 is 14.2 Å². The Balaban J connectivity index is 1.10. The van der Waals surface area contributed by atoms with Gasteiger partial charge >= 0.3 is 0 Å². The van der Waals surface area contributed by atoms with E-state index in [2.05, 4.69) is 307 Å². The molecule has 12 aromatic carbocycles. The zero-order chi connectivity index (χ0) is 49.9. The lowest BCUT2D eigenvalue weighted by Gasteiger charge is -2.35. The van der Waals surface area contributed by atoms with Crippen LogP contribution in [0.25, 0.3) is 88.7 Å². The quantitative estimate of drug-likeness (QED) is 0.122. The Morgan fingerprint density at radius 1 is 0.200 bits per heavy atom. The van der Waals surface area contributed by atoms with Crippen molar-refractivity contribution in [2.45, 2.75) is 0 Å². The van der Waals surface area contributed by atoms with Crippen molar-refractivity contribution in [1.29, 1.82) is 0 Å². The molecule has 0 radical (unpaired) electrons. The van der Waals surface area contributed by atoms with Crippen LogP contribution in [0.5, 0.6) is 0 Å². The number of para-hydroxylation sites is 1. The maximum Gasteiger partial charge on any atom is 0.136 e. The summed E-state index contributed by atoms with van der Waals surface area (Å²) in [6.45, 7) is 0. The summed E-state index contributed by atoms with van der Waals surface area (Å²) in [7, 11) is 0. The van der Waals surface area contributed by atoms with E-state index in [4.69, 9.17) is 4.42 Å². The van der Waals surface area contributed by atoms with E-state index in [1.165, 1.54) is 22.3 Å². The molecule has 0 amide bonds. The Hall–Kier alpha value is -9.96. The molecular weight excluding hydrogens is 909 g/mol. The molecule has 13 aromatic rings. The maximum atomic E-state index is 6.61. The Bertz CT molecular complexity index is 3880. The zero-order valence-corrected chi connectivity index (χ0v) is 41.2. The molecule has 0 fully saturated rings. The topological polar surface area (TPSA) is 19.6 Å². The molecule has 1 heterocycles. The molecule has 354 valence electrons. The first kappa shape index (κ1) is 44.9. The summed E-state index contributed by atoms with van der Waals surface area (Å²) in [5, 5.41) is 2.20. The number of furan rings is 1. The summed E-state index contributed by atoms with van der Waals surface area (Å²) < 4.78 is 6.61. The first-order chi connectivity index (χ1) is 37.2. The van der Waals surface area contributed by atoms with Crippen molar-refractivity contribution >= 4 is 56.1 Å². The van der Waals surface area contributed by atoms with Crippen molar-refractivity contribution in [3.05, 3.63) is 303 Å². The number of fused-ring (bicyclic) bond motifs is 3. The Morgan fingerprint density at radius 2 is 0.480 bits per heavy atom. The van der Waals surface area contributed by atoms with Crippen LogP contribution in [0.15, 0.2) is 308 Å². The summed E-state index contributed by atoms with van der Waals surface area (Å²) in [6.07, 6.45) is 0. The van der Waals surface area contributed by atoms with Gasteiger partial charge in [-0.2, -0.15) is 0 Å². The molecule has 75 heavy (non-hydrogen) atoms. The van der Waals surface area contributed by atoms with Crippen molar-refractivity contribution in [2.75, 3.05) is 9.80 Å². The third-order valence-electron chi connectivity index (χ3n) is 14.3. The number of rotatable bonds is 12. The van der Waals surface area contributed by atoms with Gasteiger partial charge in [0.05, 0.1) is 11.4 Å². The summed E-state index contributed by atoms with van der Waals surface area (Å²) in [5.74, 6) is 0. The standard InChI is InChI=1S/C72H50N2O/c1-6-18-51(19-7-1)55-30-39-61(40-31-55)73(62-41-32-56(33-42-62)52-20-8-2-9-21-52)69-49-67(59-26-14-5-15-27-59)68(60-38-47-66-65-28-16-17-29-71(65)75-72(66)48-60)50-70(69)74(63-43-34-57(35-44-63)53-22-10-3-11-23-53)64-45-36-58(37-46-64)54-24-12-4-13-25-54/h1-50H. The molecule has 13 rings (SSSR count). The maximum absolute atomic E-state index is 6.61. The monoisotopic (exact) mass is 958 g/mol. The van der Waals surface area contributed by atoms with Gasteiger partial charge in [-0.15, -0.1) is 0 Å². The van der Waals surface area contributed by atoms with Crippen LogP contribution in [-0.2, 0) is 0 Å². The van der Waals surface area contributed by atoms with Gasteiger partial charge in [0.1, 0.15) is 11.2 Å². The minimum absolute atomic E-state index is 0.849. The summed E-state index contributed by atoms with van der Waals surface area (Å²) >= 11 is 0. The molecular formula is C72H50N2O. The van der Waals surface area contributed by atoms with Crippen LogP contribution in [0.3, 0.4) is 0 Å². The molecule has 0 aliphatic heterocycles. The molecule has 0 unspecified atom stereocenters. The number of anilines is 6. The molecule has 3 nitrogen and oxygen atoms in total. The molecule has 0 N–H and O–H groups in total. The Kier molecular flexibility index (Phi) is 11.9. The molecule has 1 aromatic heterocycles. The number of benzene rings is 12. The number of nitrogens with zero attached hydrogens (tertiary/aromatic N) is 2. The lowest BCUT2D eigenvalue weighted by atomic mass is 9.91. The molecule has 3 heteroatoms. The molecule has 0 bridgehead atoms. The zero-order valence-electron chi connectivity index (χ0n) is 41.2. The van der Waals surface area contributed by atoms with Crippen LogP contribution < -0.4 is 9.80 Å². The van der Waals surface area contributed by atoms with Gasteiger partial charge in [0.25, 0.3) is 0 Å². The van der Waals surface area contributed by atoms with E-state index in [0.29, 0.717) is 0 Å². The first-order valence-electron chi connectivity index (χ1n) is 25.6. The van der Waals surface area contributed by atoms with Crippen molar-refractivity contribution in [1.82, 2.24) is 0 Å². The third-order valence-corrected chi connectivity index (χ3v) is 14.3. The van der Waals surface area contributed by atoms with Crippen molar-refractivity contribution in [3.8, 4) is 66.8 Å². The van der Waals surface area contributed by atoms with Gasteiger partial charge in [0.2, 0.25) is 0 Å². The van der Waals surface area contributed by atoms with Gasteiger partial charge in [-0.3, -0.25) is 0 Å². The minimum atomic E-state index is 0.849. The van der Waals surface area contributed by atoms with Crippen molar-refractivity contribution in [3.63, 3.8) is 0 Å². The first-order valence-corrected chi connectivity index (χ1v) is 25.6. The molecule has 0 saturated carbocycles. The lowest BCUT2D eigenvalue weighted by Crippen LogP contribution is -2.17. The van der Waals surface area contributed by atoms with Gasteiger partial charge in [0.15, 0.2) is 0 Å². The van der Waals surface area contributed by atoms with Gasteiger partial charge in [0, 0.05) is 33.5 Å². The molecule has 0 aliphatic carbocycles. The average Bonchev–Trinajstić information content (AvgIpc) is 3.88. The van der Waals surface area contributed by atoms with Crippen molar-refractivity contribution < 1.29 is 4.42 Å². The van der Waals surface area contributed by atoms with E-state index in [1.807, 2.05) is 6.07 Å². The predicted molar refractivity (Wildman–Crippen MR) is 316 cm³/mol. The highest BCUT2D eigenvalue weighted by molar-refractivity contribution is 6.07. The average molecular weight is 959 g/mol. The van der Waals surface area contributed by atoms with Crippen LogP contribution in [0.1, 0.15) is 0 Å². The fourth-order valence-corrected chi connectivity index (χ4v) is 10.5. The number of hydrogen-bond donors (Lipinski definition) is 0. The van der Waals surface area contributed by atoms with E-state index in [-0.39, 0.29) is 0 Å². The fraction of sp³-hybridized carbons (Fsp3) is 0. The summed E-state index contributed by atoms with van der Waals surface area (Å²) in [4.78, 5) is 4.86. The second kappa shape index (κ2) is 19.9. The SMILES string of the molecule is c1ccc(-c2ccc(N(c3ccc(-c4ccccc4)cc3)c3cc(-c4ccccc4)c(-c4ccc5c(c4)oc4ccccc45)cc3N(c3ccc(-c4ccccc4)cc3)c3ccc(-c4ccccc4)cc3)cc2)cc1. The Morgan fingerprint density at radius 3 is 0.853 bits per heavy atom. The van der Waals surface area contributed by atoms with E-state index in [9.17, 15) is 0 Å². The van der Waals surface area contributed by atoms with Crippen LogP contribution in [0, 0.1) is 0 Å². The second-order valence-corrected chi connectivity index (χ2v) is 18.9. The Labute approximate surface area is 438 Å². The molecule has 0 saturated heterocycles. The van der Waals surface area contributed by atoms with Gasteiger partial charge in [-0.05, 0) is 146 Å². The highest BCUT2D eigenvalue weighted by atomic mass is 16.3. The molecule has 0 atom stereocenters. The van der Waals surface area contributed by atoms with E-state index < -0.39 is 0 Å². The summed E-state index contributed by atoms with van der Waals surface area (Å²) in [5.41, 5.74) is 21.4. The highest BCUT2D eigenvalue weighted by Crippen LogP contribution is 2.51. The van der Waals surface area contributed by atoms with E-state index in [1.54, 1.807) is 0 Å². The third kappa shape index (κ3) is 8.94. The summed E-state index contributed by atoms with van der Waals surface area (Å²) in [6, 6.07) is 109. The van der Waals surface area contributed by atoms with Crippen LogP contribution in [-0.4, -0.2) is 0 Å². The van der Waals surface area contributed by atoms with Crippen LogP contribution >= 0.6 is 0 Å². The molecule has 0 spiro atoms. The van der Waals surface area contributed by atoms with E-state index >= 15 is 0 Å². The van der Waals surface area contributed by atoms with Gasteiger partial charge in [-0.1, -0.05) is 224 Å². The largest absolute Gasteiger partial charge is 0.456 e. The fourth-order valence-electron chi connectivity index (χ4n) is 10.5. The predicted octanol–water partition coefficient (Wildman–Crippen LogP) is 20.5. The highest BCUT2D eigenvalue weighted by Gasteiger charge is 2.27. The smallest absolute Gasteiger partial charge is 0.136 e. The second-order valence-electron chi connectivity index (χ2n) is 18.9. The van der Waals surface area contributed by atoms with Crippen LogP contribution in [0.4, 0.5) is 34.1 Å². The normalized spacial score (nSPS) is 11.2. The number of hydrogen-bond acceptors (Lipinski definition) is 3. The lowest BCUT2D eigenvalue weighted by molar-refractivity contribution is 0.669. The van der Waals surface area contributed by atoms with Crippen LogP contribution in [0.2, 0.25) is 0 Å². The van der Waals surface area contributed by atoms with Crippen molar-refractivity contribution in [2.24, 2.45) is 0 Å². The van der Waals surface area contributed by atoms with Gasteiger partial charge in [-0.25, -0.2) is 0 Å².